The van der Waals surface area contributed by atoms with Crippen molar-refractivity contribution >= 4 is 5.91 Å². The number of aliphatic hydroxyl groups is 1. The van der Waals surface area contributed by atoms with Gasteiger partial charge in [0.2, 0.25) is 5.91 Å². The molecule has 1 N–H and O–H groups in total. The number of carbonyl (C=O) groups excluding carboxylic acids is 1. The van der Waals surface area contributed by atoms with Gasteiger partial charge in [0.15, 0.2) is 0 Å². The predicted octanol–water partition coefficient (Wildman–Crippen LogP) is 2.97. The van der Waals surface area contributed by atoms with Crippen molar-refractivity contribution in [2.24, 2.45) is 5.92 Å². The van der Waals surface area contributed by atoms with Crippen molar-refractivity contribution in [3.63, 3.8) is 0 Å². The molecule has 1 aliphatic rings. The Morgan fingerprint density at radius 3 is 2.48 bits per heavy atom. The van der Waals surface area contributed by atoms with Gasteiger partial charge in [-0.1, -0.05) is 38.1 Å². The molecule has 0 saturated carbocycles. The van der Waals surface area contributed by atoms with Gasteiger partial charge in [-0.3, -0.25) is 4.79 Å². The van der Waals surface area contributed by atoms with Gasteiger partial charge in [-0.05, 0) is 36.8 Å². The quantitative estimate of drug-likeness (QED) is 0.905. The van der Waals surface area contributed by atoms with Gasteiger partial charge >= 0.3 is 0 Å². The van der Waals surface area contributed by atoms with Gasteiger partial charge in [0, 0.05) is 25.4 Å². The van der Waals surface area contributed by atoms with Crippen LogP contribution in [0.25, 0.3) is 0 Å². The van der Waals surface area contributed by atoms with E-state index in [9.17, 15) is 9.90 Å². The molecule has 1 saturated heterocycles. The standard InChI is InChI=1S/C18H27NO2/c1-13(2)16-7-4-15(5-8-16)6-9-18(21)19-11-10-17(12-19)14(3)20/h4-5,7-8,13-14,17,20H,6,9-12H2,1-3H3. The van der Waals surface area contributed by atoms with E-state index >= 15 is 0 Å². The van der Waals surface area contributed by atoms with E-state index in [-0.39, 0.29) is 17.9 Å². The Morgan fingerprint density at radius 2 is 1.95 bits per heavy atom. The highest BCUT2D eigenvalue weighted by atomic mass is 16.3. The average Bonchev–Trinajstić information content (AvgIpc) is 2.95. The molecule has 1 aliphatic heterocycles. The number of rotatable bonds is 5. The smallest absolute Gasteiger partial charge is 0.222 e. The van der Waals surface area contributed by atoms with E-state index in [0.717, 1.165) is 19.4 Å². The number of likely N-dealkylation sites (tertiary alicyclic amines) is 1. The Bertz CT molecular complexity index is 465. The largest absolute Gasteiger partial charge is 0.393 e. The second-order valence-electron chi connectivity index (χ2n) is 6.53. The van der Waals surface area contributed by atoms with E-state index in [1.54, 1.807) is 0 Å². The lowest BCUT2D eigenvalue weighted by Gasteiger charge is -2.17. The molecule has 0 bridgehead atoms. The normalized spacial score (nSPS) is 20.0. The fraction of sp³-hybridized carbons (Fsp3) is 0.611. The van der Waals surface area contributed by atoms with E-state index in [4.69, 9.17) is 0 Å². The number of nitrogens with zero attached hydrogens (tertiary/aromatic N) is 1. The fourth-order valence-corrected chi connectivity index (χ4v) is 2.89. The molecule has 2 unspecified atom stereocenters. The summed E-state index contributed by atoms with van der Waals surface area (Å²) in [6.45, 7) is 7.69. The summed E-state index contributed by atoms with van der Waals surface area (Å²) in [6, 6.07) is 8.57. The summed E-state index contributed by atoms with van der Waals surface area (Å²) in [5.41, 5.74) is 2.56. The number of hydrogen-bond acceptors (Lipinski definition) is 2. The van der Waals surface area contributed by atoms with Crippen LogP contribution in [0.2, 0.25) is 0 Å². The third-order valence-electron chi connectivity index (χ3n) is 4.53. The predicted molar refractivity (Wildman–Crippen MR) is 85.2 cm³/mol. The summed E-state index contributed by atoms with van der Waals surface area (Å²) >= 11 is 0. The van der Waals surface area contributed by atoms with E-state index in [0.29, 0.717) is 18.9 Å². The summed E-state index contributed by atoms with van der Waals surface area (Å²) in [6.07, 6.45) is 1.97. The maximum Gasteiger partial charge on any atom is 0.222 e. The molecule has 116 valence electrons. The fourth-order valence-electron chi connectivity index (χ4n) is 2.89. The first-order valence-electron chi connectivity index (χ1n) is 8.02. The zero-order chi connectivity index (χ0) is 15.4. The van der Waals surface area contributed by atoms with Crippen molar-refractivity contribution in [2.75, 3.05) is 13.1 Å². The van der Waals surface area contributed by atoms with Gasteiger partial charge in [-0.15, -0.1) is 0 Å². The number of amides is 1. The summed E-state index contributed by atoms with van der Waals surface area (Å²) in [5.74, 6) is 1.01. The molecule has 1 amide bonds. The van der Waals surface area contributed by atoms with Crippen LogP contribution in [0.15, 0.2) is 24.3 Å². The van der Waals surface area contributed by atoms with Gasteiger partial charge in [0.25, 0.3) is 0 Å². The number of carbonyl (C=O) groups is 1. The number of hydrogen-bond donors (Lipinski definition) is 1. The van der Waals surface area contributed by atoms with Crippen LogP contribution in [0.4, 0.5) is 0 Å². The van der Waals surface area contributed by atoms with Crippen LogP contribution in [-0.4, -0.2) is 35.1 Å². The highest BCUT2D eigenvalue weighted by molar-refractivity contribution is 5.76. The molecule has 1 heterocycles. The lowest BCUT2D eigenvalue weighted by atomic mass is 10.0. The van der Waals surface area contributed by atoms with Crippen LogP contribution in [0.3, 0.4) is 0 Å². The van der Waals surface area contributed by atoms with Crippen molar-refractivity contribution in [1.29, 1.82) is 0 Å². The molecule has 3 heteroatoms. The van der Waals surface area contributed by atoms with Crippen molar-refractivity contribution in [2.45, 2.75) is 52.1 Å². The molecule has 2 atom stereocenters. The third-order valence-corrected chi connectivity index (χ3v) is 4.53. The molecule has 0 aromatic heterocycles. The molecule has 1 fully saturated rings. The zero-order valence-corrected chi connectivity index (χ0v) is 13.4. The minimum atomic E-state index is -0.314. The molecular formula is C18H27NO2. The number of aryl methyl sites for hydroxylation is 1. The minimum absolute atomic E-state index is 0.214. The van der Waals surface area contributed by atoms with Crippen molar-refractivity contribution in [3.8, 4) is 0 Å². The summed E-state index contributed by atoms with van der Waals surface area (Å²) < 4.78 is 0. The molecular weight excluding hydrogens is 262 g/mol. The average molecular weight is 289 g/mol. The van der Waals surface area contributed by atoms with Crippen LogP contribution in [0, 0.1) is 5.92 Å². The Kier molecular flexibility index (Phi) is 5.40. The first-order valence-corrected chi connectivity index (χ1v) is 8.02. The summed E-state index contributed by atoms with van der Waals surface area (Å²) in [5, 5.41) is 9.59. The Morgan fingerprint density at radius 1 is 1.29 bits per heavy atom. The first-order chi connectivity index (χ1) is 9.97. The summed E-state index contributed by atoms with van der Waals surface area (Å²) in [7, 11) is 0. The molecule has 3 nitrogen and oxygen atoms in total. The van der Waals surface area contributed by atoms with Gasteiger partial charge in [-0.2, -0.15) is 0 Å². The lowest BCUT2D eigenvalue weighted by molar-refractivity contribution is -0.130. The number of aliphatic hydroxyl groups excluding tert-OH is 1. The second kappa shape index (κ2) is 7.08. The zero-order valence-electron chi connectivity index (χ0n) is 13.4. The monoisotopic (exact) mass is 289 g/mol. The Hall–Kier alpha value is -1.35. The molecule has 0 aliphatic carbocycles. The maximum absolute atomic E-state index is 12.2. The Balaban J connectivity index is 1.81. The van der Waals surface area contributed by atoms with Crippen LogP contribution < -0.4 is 0 Å². The van der Waals surface area contributed by atoms with Crippen LogP contribution in [0.1, 0.15) is 50.7 Å². The topological polar surface area (TPSA) is 40.5 Å². The maximum atomic E-state index is 12.2. The van der Waals surface area contributed by atoms with Crippen molar-refractivity contribution < 1.29 is 9.90 Å². The van der Waals surface area contributed by atoms with Crippen LogP contribution >= 0.6 is 0 Å². The first kappa shape index (κ1) is 16.0. The van der Waals surface area contributed by atoms with Gasteiger partial charge < -0.3 is 10.0 Å². The van der Waals surface area contributed by atoms with Crippen molar-refractivity contribution in [1.82, 2.24) is 4.90 Å². The molecule has 21 heavy (non-hydrogen) atoms. The molecule has 0 spiro atoms. The lowest BCUT2D eigenvalue weighted by Crippen LogP contribution is -2.30. The van der Waals surface area contributed by atoms with Gasteiger partial charge in [0.05, 0.1) is 6.10 Å². The molecule has 2 rings (SSSR count). The minimum Gasteiger partial charge on any atom is -0.393 e. The van der Waals surface area contributed by atoms with E-state index in [1.165, 1.54) is 11.1 Å². The highest BCUT2D eigenvalue weighted by Gasteiger charge is 2.28. The molecule has 1 aromatic rings. The second-order valence-corrected chi connectivity index (χ2v) is 6.53. The van der Waals surface area contributed by atoms with E-state index in [1.807, 2.05) is 11.8 Å². The van der Waals surface area contributed by atoms with Crippen LogP contribution in [-0.2, 0) is 11.2 Å². The molecule has 1 aromatic carbocycles. The van der Waals surface area contributed by atoms with E-state index in [2.05, 4.69) is 38.1 Å². The van der Waals surface area contributed by atoms with E-state index < -0.39 is 0 Å². The Labute approximate surface area is 128 Å². The van der Waals surface area contributed by atoms with Gasteiger partial charge in [0.1, 0.15) is 0 Å². The molecule has 0 radical (unpaired) electrons. The number of benzene rings is 1. The summed E-state index contributed by atoms with van der Waals surface area (Å²) in [4.78, 5) is 14.1. The highest BCUT2D eigenvalue weighted by Crippen LogP contribution is 2.21. The third kappa shape index (κ3) is 4.31. The van der Waals surface area contributed by atoms with Gasteiger partial charge in [-0.25, -0.2) is 0 Å². The van der Waals surface area contributed by atoms with Crippen molar-refractivity contribution in [3.05, 3.63) is 35.4 Å². The van der Waals surface area contributed by atoms with Crippen LogP contribution in [0.5, 0.6) is 0 Å². The SMILES string of the molecule is CC(C)c1ccc(CCC(=O)N2CCC(C(C)O)C2)cc1.